The first kappa shape index (κ1) is 15.8. The summed E-state index contributed by atoms with van der Waals surface area (Å²) in [6, 6.07) is 6.10. The van der Waals surface area contributed by atoms with Crippen LogP contribution < -0.4 is 5.32 Å². The van der Waals surface area contributed by atoms with Crippen LogP contribution in [0.4, 0.5) is 0 Å². The molecule has 0 aromatic heterocycles. The molecule has 1 aromatic carbocycles. The van der Waals surface area contributed by atoms with Gasteiger partial charge in [-0.15, -0.1) is 0 Å². The van der Waals surface area contributed by atoms with E-state index in [1.807, 2.05) is 18.2 Å². The highest BCUT2D eigenvalue weighted by Gasteiger charge is 2.20. The Morgan fingerprint density at radius 3 is 2.50 bits per heavy atom. The van der Waals surface area contributed by atoms with Gasteiger partial charge in [0.2, 0.25) is 0 Å². The highest BCUT2D eigenvalue weighted by atomic mass is 35.5. The Kier molecular flexibility index (Phi) is 7.06. The molecule has 0 aliphatic heterocycles. The zero-order valence-electron chi connectivity index (χ0n) is 11.5. The van der Waals surface area contributed by atoms with Gasteiger partial charge in [0.1, 0.15) is 0 Å². The van der Waals surface area contributed by atoms with E-state index in [4.69, 9.17) is 23.2 Å². The summed E-state index contributed by atoms with van der Waals surface area (Å²) in [5, 5.41) is 5.00. The Morgan fingerprint density at radius 2 is 1.94 bits per heavy atom. The molecular formula is C15H23Cl2N. The summed E-state index contributed by atoms with van der Waals surface area (Å²) in [6.07, 6.45) is 3.71. The van der Waals surface area contributed by atoms with Crippen molar-refractivity contribution in [2.24, 2.45) is 5.92 Å². The van der Waals surface area contributed by atoms with E-state index >= 15 is 0 Å². The van der Waals surface area contributed by atoms with E-state index in [1.165, 1.54) is 19.3 Å². The SMILES string of the molecule is CCCCC(C)C(NCC)c1ccc(Cl)cc1Cl. The summed E-state index contributed by atoms with van der Waals surface area (Å²) in [4.78, 5) is 0. The molecule has 1 aromatic rings. The molecule has 102 valence electrons. The summed E-state index contributed by atoms with van der Waals surface area (Å²) in [6.45, 7) is 7.58. The Bertz CT molecular complexity index is 366. The van der Waals surface area contributed by atoms with Gasteiger partial charge in [0.25, 0.3) is 0 Å². The van der Waals surface area contributed by atoms with Crippen molar-refractivity contribution in [1.82, 2.24) is 5.32 Å². The Morgan fingerprint density at radius 1 is 1.22 bits per heavy atom. The average molecular weight is 288 g/mol. The summed E-state index contributed by atoms with van der Waals surface area (Å²) in [5.41, 5.74) is 1.16. The zero-order valence-corrected chi connectivity index (χ0v) is 13.0. The molecule has 1 N–H and O–H groups in total. The van der Waals surface area contributed by atoms with Crippen molar-refractivity contribution in [3.8, 4) is 0 Å². The van der Waals surface area contributed by atoms with Gasteiger partial charge in [0.05, 0.1) is 0 Å². The van der Waals surface area contributed by atoms with Crippen molar-refractivity contribution in [2.75, 3.05) is 6.54 Å². The maximum Gasteiger partial charge on any atom is 0.0468 e. The van der Waals surface area contributed by atoms with Gasteiger partial charge in [-0.1, -0.05) is 62.9 Å². The molecular weight excluding hydrogens is 265 g/mol. The smallest absolute Gasteiger partial charge is 0.0468 e. The molecule has 0 aliphatic rings. The first-order chi connectivity index (χ1) is 8.60. The van der Waals surface area contributed by atoms with Gasteiger partial charge >= 0.3 is 0 Å². The maximum absolute atomic E-state index is 6.31. The van der Waals surface area contributed by atoms with Crippen molar-refractivity contribution >= 4 is 23.2 Å². The molecule has 0 aliphatic carbocycles. The first-order valence-electron chi connectivity index (χ1n) is 6.78. The number of hydrogen-bond donors (Lipinski definition) is 1. The normalized spacial score (nSPS) is 14.5. The third kappa shape index (κ3) is 4.46. The van der Waals surface area contributed by atoms with E-state index in [0.717, 1.165) is 17.1 Å². The molecule has 0 spiro atoms. The van der Waals surface area contributed by atoms with Gasteiger partial charge in [-0.2, -0.15) is 0 Å². The van der Waals surface area contributed by atoms with Crippen LogP contribution in [0.5, 0.6) is 0 Å². The van der Waals surface area contributed by atoms with Gasteiger partial charge in [0, 0.05) is 16.1 Å². The van der Waals surface area contributed by atoms with Crippen LogP contribution in [0.25, 0.3) is 0 Å². The molecule has 0 saturated heterocycles. The quantitative estimate of drug-likeness (QED) is 0.701. The molecule has 0 amide bonds. The van der Waals surface area contributed by atoms with E-state index < -0.39 is 0 Å². The second kappa shape index (κ2) is 8.04. The molecule has 1 rings (SSSR count). The number of nitrogens with one attached hydrogen (secondary N) is 1. The van der Waals surface area contributed by atoms with Crippen LogP contribution in [0.15, 0.2) is 18.2 Å². The highest BCUT2D eigenvalue weighted by Crippen LogP contribution is 2.32. The molecule has 2 unspecified atom stereocenters. The lowest BCUT2D eigenvalue weighted by Gasteiger charge is -2.26. The fraction of sp³-hybridized carbons (Fsp3) is 0.600. The van der Waals surface area contributed by atoms with Crippen molar-refractivity contribution in [1.29, 1.82) is 0 Å². The molecule has 0 heterocycles. The number of unbranched alkanes of at least 4 members (excludes halogenated alkanes) is 1. The topological polar surface area (TPSA) is 12.0 Å². The lowest BCUT2D eigenvalue weighted by atomic mass is 9.90. The summed E-state index contributed by atoms with van der Waals surface area (Å²) >= 11 is 12.3. The van der Waals surface area contributed by atoms with Crippen molar-refractivity contribution in [3.05, 3.63) is 33.8 Å². The molecule has 1 nitrogen and oxygen atoms in total. The minimum absolute atomic E-state index is 0.311. The fourth-order valence-corrected chi connectivity index (χ4v) is 2.81. The largest absolute Gasteiger partial charge is 0.310 e. The first-order valence-corrected chi connectivity index (χ1v) is 7.54. The van der Waals surface area contributed by atoms with Crippen molar-refractivity contribution < 1.29 is 0 Å². The minimum atomic E-state index is 0.311. The predicted octanol–water partition coefficient (Wildman–Crippen LogP) is 5.47. The predicted molar refractivity (Wildman–Crippen MR) is 81.6 cm³/mol. The fourth-order valence-electron chi connectivity index (χ4n) is 2.28. The summed E-state index contributed by atoms with van der Waals surface area (Å²) < 4.78 is 0. The minimum Gasteiger partial charge on any atom is -0.310 e. The Labute approximate surface area is 121 Å². The third-order valence-electron chi connectivity index (χ3n) is 3.30. The van der Waals surface area contributed by atoms with E-state index in [9.17, 15) is 0 Å². The number of rotatable bonds is 7. The van der Waals surface area contributed by atoms with Crippen LogP contribution in [-0.4, -0.2) is 6.54 Å². The number of benzene rings is 1. The second-order valence-corrected chi connectivity index (χ2v) is 5.66. The lowest BCUT2D eigenvalue weighted by molar-refractivity contribution is 0.363. The number of hydrogen-bond acceptors (Lipinski definition) is 1. The van der Waals surface area contributed by atoms with Gasteiger partial charge in [-0.3, -0.25) is 0 Å². The Hall–Kier alpha value is -0.240. The molecule has 0 saturated carbocycles. The van der Waals surface area contributed by atoms with Gasteiger partial charge in [0.15, 0.2) is 0 Å². The van der Waals surface area contributed by atoms with E-state index in [1.54, 1.807) is 0 Å². The molecule has 0 bridgehead atoms. The van der Waals surface area contributed by atoms with Crippen LogP contribution in [-0.2, 0) is 0 Å². The molecule has 0 fully saturated rings. The third-order valence-corrected chi connectivity index (χ3v) is 3.87. The molecule has 3 heteroatoms. The standard InChI is InChI=1S/C15H23Cl2N/c1-4-6-7-11(3)15(18-5-2)13-9-8-12(16)10-14(13)17/h8-11,15,18H,4-7H2,1-3H3. The molecule has 0 radical (unpaired) electrons. The lowest BCUT2D eigenvalue weighted by Crippen LogP contribution is -2.27. The van der Waals surface area contributed by atoms with Crippen molar-refractivity contribution in [2.45, 2.75) is 46.1 Å². The van der Waals surface area contributed by atoms with Crippen LogP contribution >= 0.6 is 23.2 Å². The molecule has 2 atom stereocenters. The zero-order chi connectivity index (χ0) is 13.5. The van der Waals surface area contributed by atoms with Crippen LogP contribution in [0.3, 0.4) is 0 Å². The van der Waals surface area contributed by atoms with Gasteiger partial charge in [-0.25, -0.2) is 0 Å². The van der Waals surface area contributed by atoms with E-state index in [-0.39, 0.29) is 0 Å². The monoisotopic (exact) mass is 287 g/mol. The second-order valence-electron chi connectivity index (χ2n) is 4.82. The van der Waals surface area contributed by atoms with Gasteiger partial charge < -0.3 is 5.32 Å². The van der Waals surface area contributed by atoms with E-state index in [2.05, 4.69) is 26.1 Å². The van der Waals surface area contributed by atoms with Gasteiger partial charge in [-0.05, 0) is 36.6 Å². The average Bonchev–Trinajstić information content (AvgIpc) is 2.34. The molecule has 18 heavy (non-hydrogen) atoms. The van der Waals surface area contributed by atoms with Crippen molar-refractivity contribution in [3.63, 3.8) is 0 Å². The van der Waals surface area contributed by atoms with Crippen LogP contribution in [0.2, 0.25) is 10.0 Å². The van der Waals surface area contributed by atoms with Crippen LogP contribution in [0, 0.1) is 5.92 Å². The summed E-state index contributed by atoms with van der Waals surface area (Å²) in [5.74, 6) is 0.573. The van der Waals surface area contributed by atoms with E-state index in [0.29, 0.717) is 17.0 Å². The maximum atomic E-state index is 6.31. The Balaban J connectivity index is 2.88. The summed E-state index contributed by atoms with van der Waals surface area (Å²) in [7, 11) is 0. The number of halogens is 2. The highest BCUT2D eigenvalue weighted by molar-refractivity contribution is 6.35. The van der Waals surface area contributed by atoms with Crippen LogP contribution in [0.1, 0.15) is 51.6 Å².